The zero-order valence-electron chi connectivity index (χ0n) is 16.6. The van der Waals surface area contributed by atoms with E-state index < -0.39 is 0 Å². The van der Waals surface area contributed by atoms with E-state index in [-0.39, 0.29) is 11.6 Å². The number of benzene rings is 2. The van der Waals surface area contributed by atoms with Gasteiger partial charge in [0.2, 0.25) is 0 Å². The van der Waals surface area contributed by atoms with E-state index in [0.717, 1.165) is 30.6 Å². The van der Waals surface area contributed by atoms with Gasteiger partial charge in [0.15, 0.2) is 0 Å². The number of halogens is 2. The van der Waals surface area contributed by atoms with Crippen LogP contribution in [0.2, 0.25) is 0 Å². The Morgan fingerprint density at radius 1 is 0.857 bits per heavy atom. The van der Waals surface area contributed by atoms with Gasteiger partial charge in [-0.25, -0.2) is 8.78 Å². The quantitative estimate of drug-likeness (QED) is 0.450. The van der Waals surface area contributed by atoms with Crippen molar-refractivity contribution < 1.29 is 8.78 Å². The zero-order chi connectivity index (χ0) is 19.9. The molecule has 0 fully saturated rings. The fourth-order valence-electron chi connectivity index (χ4n) is 3.31. The minimum absolute atomic E-state index is 0.194. The molecule has 0 aliphatic heterocycles. The van der Waals surface area contributed by atoms with Gasteiger partial charge < -0.3 is 4.57 Å². The average molecular weight is 382 g/mol. The molecular formula is C24H28F2N2. The molecule has 4 heteroatoms. The molecule has 0 saturated heterocycles. The Bertz CT molecular complexity index is 868. The van der Waals surface area contributed by atoms with E-state index in [4.69, 9.17) is 0 Å². The van der Waals surface area contributed by atoms with Gasteiger partial charge in [0.25, 0.3) is 0 Å². The summed E-state index contributed by atoms with van der Waals surface area (Å²) in [5.74, 6) is 0.202. The second-order valence-electron chi connectivity index (χ2n) is 7.78. The molecule has 0 aliphatic carbocycles. The smallest absolute Gasteiger partial charge is 0.123 e. The third kappa shape index (κ3) is 6.03. The highest BCUT2D eigenvalue weighted by molar-refractivity contribution is 5.19. The fourth-order valence-corrected chi connectivity index (χ4v) is 3.31. The lowest BCUT2D eigenvalue weighted by Gasteiger charge is -2.24. The Labute approximate surface area is 166 Å². The number of hydrogen-bond donors (Lipinski definition) is 0. The molecule has 2 nitrogen and oxygen atoms in total. The minimum atomic E-state index is -0.216. The van der Waals surface area contributed by atoms with Crippen molar-refractivity contribution in [3.8, 4) is 0 Å². The molecule has 0 radical (unpaired) electrons. The summed E-state index contributed by atoms with van der Waals surface area (Å²) in [6, 6.07) is 17.6. The van der Waals surface area contributed by atoms with E-state index in [1.165, 1.54) is 23.9 Å². The normalized spacial score (nSPS) is 11.5. The van der Waals surface area contributed by atoms with Crippen molar-refractivity contribution in [2.24, 2.45) is 5.92 Å². The Hall–Kier alpha value is -2.46. The zero-order valence-corrected chi connectivity index (χ0v) is 16.6. The monoisotopic (exact) mass is 382 g/mol. The number of nitrogens with zero attached hydrogens (tertiary/aromatic N) is 2. The van der Waals surface area contributed by atoms with Crippen molar-refractivity contribution in [2.75, 3.05) is 6.54 Å². The van der Waals surface area contributed by atoms with Crippen LogP contribution in [-0.4, -0.2) is 16.0 Å². The number of hydrogen-bond acceptors (Lipinski definition) is 1. The van der Waals surface area contributed by atoms with Gasteiger partial charge in [-0.3, -0.25) is 4.90 Å². The van der Waals surface area contributed by atoms with Gasteiger partial charge in [0.1, 0.15) is 11.6 Å². The Morgan fingerprint density at radius 2 is 1.64 bits per heavy atom. The summed E-state index contributed by atoms with van der Waals surface area (Å²) in [6.45, 7) is 7.61. The average Bonchev–Trinajstić information content (AvgIpc) is 3.08. The SMILES string of the molecule is CC(C)CCN(Cc1cccc(F)c1)Cc1cccn1Cc1ccc(F)cc1. The van der Waals surface area contributed by atoms with Gasteiger partial charge in [-0.1, -0.05) is 38.1 Å². The van der Waals surface area contributed by atoms with E-state index in [2.05, 4.69) is 35.6 Å². The molecule has 1 aromatic heterocycles. The number of rotatable bonds is 9. The summed E-state index contributed by atoms with van der Waals surface area (Å²) >= 11 is 0. The van der Waals surface area contributed by atoms with Gasteiger partial charge >= 0.3 is 0 Å². The Morgan fingerprint density at radius 3 is 2.36 bits per heavy atom. The summed E-state index contributed by atoms with van der Waals surface area (Å²) in [4.78, 5) is 2.37. The van der Waals surface area contributed by atoms with Crippen molar-refractivity contribution in [3.63, 3.8) is 0 Å². The van der Waals surface area contributed by atoms with E-state index in [0.29, 0.717) is 19.0 Å². The molecule has 0 saturated carbocycles. The highest BCUT2D eigenvalue weighted by Crippen LogP contribution is 2.16. The Kier molecular flexibility index (Phi) is 6.99. The topological polar surface area (TPSA) is 8.17 Å². The summed E-state index contributed by atoms with van der Waals surface area (Å²) in [7, 11) is 0. The van der Waals surface area contributed by atoms with E-state index in [9.17, 15) is 8.78 Å². The van der Waals surface area contributed by atoms with Gasteiger partial charge in [0, 0.05) is 31.5 Å². The van der Waals surface area contributed by atoms with Crippen LogP contribution in [0.3, 0.4) is 0 Å². The van der Waals surface area contributed by atoms with Crippen LogP contribution in [0.15, 0.2) is 66.9 Å². The van der Waals surface area contributed by atoms with Crippen molar-refractivity contribution in [1.29, 1.82) is 0 Å². The second-order valence-corrected chi connectivity index (χ2v) is 7.78. The van der Waals surface area contributed by atoms with Gasteiger partial charge in [-0.05, 0) is 66.4 Å². The molecule has 0 N–H and O–H groups in total. The van der Waals surface area contributed by atoms with Crippen LogP contribution in [0.4, 0.5) is 8.78 Å². The van der Waals surface area contributed by atoms with Crippen LogP contribution < -0.4 is 0 Å². The summed E-state index contributed by atoms with van der Waals surface area (Å²) < 4.78 is 29.0. The molecule has 148 valence electrons. The van der Waals surface area contributed by atoms with Crippen molar-refractivity contribution in [2.45, 2.75) is 39.9 Å². The maximum absolute atomic E-state index is 13.6. The van der Waals surface area contributed by atoms with E-state index in [1.807, 2.05) is 24.3 Å². The molecule has 0 spiro atoms. The molecule has 2 aromatic carbocycles. The maximum Gasteiger partial charge on any atom is 0.123 e. The summed E-state index contributed by atoms with van der Waals surface area (Å²) in [5.41, 5.74) is 3.25. The molecule has 0 unspecified atom stereocenters. The lowest BCUT2D eigenvalue weighted by atomic mass is 10.1. The highest BCUT2D eigenvalue weighted by atomic mass is 19.1. The highest BCUT2D eigenvalue weighted by Gasteiger charge is 2.12. The molecule has 0 bridgehead atoms. The van der Waals surface area contributed by atoms with Crippen LogP contribution in [0.5, 0.6) is 0 Å². The van der Waals surface area contributed by atoms with Crippen LogP contribution in [0.25, 0.3) is 0 Å². The predicted octanol–water partition coefficient (Wildman–Crippen LogP) is 5.86. The Balaban J connectivity index is 1.73. The fraction of sp³-hybridized carbons (Fsp3) is 0.333. The molecular weight excluding hydrogens is 354 g/mol. The maximum atomic E-state index is 13.6. The van der Waals surface area contributed by atoms with E-state index in [1.54, 1.807) is 12.1 Å². The van der Waals surface area contributed by atoms with Crippen LogP contribution in [-0.2, 0) is 19.6 Å². The summed E-state index contributed by atoms with van der Waals surface area (Å²) in [6.07, 6.45) is 3.15. The molecule has 0 atom stereocenters. The van der Waals surface area contributed by atoms with Crippen LogP contribution in [0.1, 0.15) is 37.1 Å². The van der Waals surface area contributed by atoms with Crippen molar-refractivity contribution >= 4 is 0 Å². The van der Waals surface area contributed by atoms with Gasteiger partial charge in [0.05, 0.1) is 0 Å². The third-order valence-electron chi connectivity index (χ3n) is 4.89. The van der Waals surface area contributed by atoms with Crippen LogP contribution in [0, 0.1) is 17.6 Å². The first kappa shape index (κ1) is 20.3. The molecule has 0 aliphatic rings. The van der Waals surface area contributed by atoms with Crippen molar-refractivity contribution in [3.05, 3.63) is 95.3 Å². The lowest BCUT2D eigenvalue weighted by molar-refractivity contribution is 0.235. The largest absolute Gasteiger partial charge is 0.346 e. The summed E-state index contributed by atoms with van der Waals surface area (Å²) in [5, 5.41) is 0. The minimum Gasteiger partial charge on any atom is -0.346 e. The van der Waals surface area contributed by atoms with Gasteiger partial charge in [-0.2, -0.15) is 0 Å². The second kappa shape index (κ2) is 9.65. The standard InChI is InChI=1S/C24H28F2N2/c1-19(2)12-14-27(16-21-5-3-6-23(26)15-21)18-24-7-4-13-28(24)17-20-8-10-22(25)11-9-20/h3-11,13,15,19H,12,14,16-18H2,1-2H3. The van der Waals surface area contributed by atoms with E-state index >= 15 is 0 Å². The van der Waals surface area contributed by atoms with Crippen LogP contribution >= 0.6 is 0 Å². The lowest BCUT2D eigenvalue weighted by Crippen LogP contribution is -2.26. The first-order valence-corrected chi connectivity index (χ1v) is 9.85. The molecule has 0 amide bonds. The first-order chi connectivity index (χ1) is 13.5. The van der Waals surface area contributed by atoms with Gasteiger partial charge in [-0.15, -0.1) is 0 Å². The number of aromatic nitrogens is 1. The molecule has 28 heavy (non-hydrogen) atoms. The molecule has 1 heterocycles. The molecule has 3 rings (SSSR count). The third-order valence-corrected chi connectivity index (χ3v) is 4.89. The first-order valence-electron chi connectivity index (χ1n) is 9.85. The van der Waals surface area contributed by atoms with Crippen molar-refractivity contribution in [1.82, 2.24) is 9.47 Å². The molecule has 3 aromatic rings. The predicted molar refractivity (Wildman–Crippen MR) is 110 cm³/mol.